The monoisotopic (exact) mass is 368 g/mol. The SMILES string of the molecule is CCOc1ncccc1CNC(=O)c1cc(-c2c(C)nn(C)c2C)nn1C. The van der Waals surface area contributed by atoms with Gasteiger partial charge in [0.15, 0.2) is 0 Å². The molecule has 0 atom stereocenters. The minimum Gasteiger partial charge on any atom is -0.478 e. The van der Waals surface area contributed by atoms with E-state index in [0.29, 0.717) is 24.7 Å². The Bertz CT molecular complexity index is 973. The molecule has 0 aliphatic carbocycles. The zero-order valence-electron chi connectivity index (χ0n) is 16.3. The van der Waals surface area contributed by atoms with Gasteiger partial charge in [-0.05, 0) is 32.9 Å². The zero-order valence-corrected chi connectivity index (χ0v) is 16.3. The molecule has 0 saturated heterocycles. The van der Waals surface area contributed by atoms with Gasteiger partial charge in [0.25, 0.3) is 5.91 Å². The molecule has 0 aliphatic heterocycles. The Balaban J connectivity index is 1.79. The molecule has 0 spiro atoms. The molecular weight excluding hydrogens is 344 g/mol. The van der Waals surface area contributed by atoms with Crippen molar-refractivity contribution in [1.29, 1.82) is 0 Å². The Hall–Kier alpha value is -3.16. The molecule has 0 fully saturated rings. The number of hydrogen-bond acceptors (Lipinski definition) is 5. The number of rotatable bonds is 6. The first kappa shape index (κ1) is 18.6. The van der Waals surface area contributed by atoms with Crippen molar-refractivity contribution in [2.45, 2.75) is 27.3 Å². The Morgan fingerprint density at radius 3 is 2.67 bits per heavy atom. The second-order valence-electron chi connectivity index (χ2n) is 6.29. The van der Waals surface area contributed by atoms with Crippen LogP contribution in [-0.4, -0.2) is 37.1 Å². The van der Waals surface area contributed by atoms with Crippen LogP contribution in [0.4, 0.5) is 0 Å². The molecule has 27 heavy (non-hydrogen) atoms. The van der Waals surface area contributed by atoms with Crippen molar-refractivity contribution in [1.82, 2.24) is 29.9 Å². The minimum absolute atomic E-state index is 0.207. The lowest BCUT2D eigenvalue weighted by molar-refractivity contribution is 0.0941. The van der Waals surface area contributed by atoms with Crippen molar-refractivity contribution in [2.24, 2.45) is 14.1 Å². The van der Waals surface area contributed by atoms with Gasteiger partial charge >= 0.3 is 0 Å². The van der Waals surface area contributed by atoms with E-state index in [9.17, 15) is 4.79 Å². The first-order chi connectivity index (χ1) is 12.9. The predicted molar refractivity (Wildman–Crippen MR) is 101 cm³/mol. The van der Waals surface area contributed by atoms with Gasteiger partial charge in [-0.3, -0.25) is 14.2 Å². The molecule has 0 saturated carbocycles. The van der Waals surface area contributed by atoms with Gasteiger partial charge in [0.1, 0.15) is 5.69 Å². The van der Waals surface area contributed by atoms with E-state index < -0.39 is 0 Å². The highest BCUT2D eigenvalue weighted by atomic mass is 16.5. The van der Waals surface area contributed by atoms with Crippen LogP contribution in [0, 0.1) is 13.8 Å². The second kappa shape index (κ2) is 7.61. The summed E-state index contributed by atoms with van der Waals surface area (Å²) >= 11 is 0. The molecule has 3 heterocycles. The maximum absolute atomic E-state index is 12.7. The van der Waals surface area contributed by atoms with Crippen LogP contribution in [0.15, 0.2) is 24.4 Å². The first-order valence-electron chi connectivity index (χ1n) is 8.81. The van der Waals surface area contributed by atoms with E-state index in [0.717, 1.165) is 28.2 Å². The van der Waals surface area contributed by atoms with Crippen LogP contribution in [-0.2, 0) is 20.6 Å². The highest BCUT2D eigenvalue weighted by Gasteiger charge is 2.19. The third-order valence-electron chi connectivity index (χ3n) is 4.45. The van der Waals surface area contributed by atoms with Gasteiger partial charge in [0.05, 0.1) is 18.0 Å². The Morgan fingerprint density at radius 2 is 2.00 bits per heavy atom. The molecule has 3 aromatic rings. The number of hydrogen-bond donors (Lipinski definition) is 1. The molecule has 0 bridgehead atoms. The van der Waals surface area contributed by atoms with Crippen molar-refractivity contribution in [3.8, 4) is 17.1 Å². The Labute approximate surface area is 158 Å². The Morgan fingerprint density at radius 1 is 1.22 bits per heavy atom. The minimum atomic E-state index is -0.207. The molecule has 142 valence electrons. The van der Waals surface area contributed by atoms with Gasteiger partial charge in [-0.25, -0.2) is 4.98 Å². The topological polar surface area (TPSA) is 86.9 Å². The smallest absolute Gasteiger partial charge is 0.269 e. The van der Waals surface area contributed by atoms with Crippen LogP contribution in [0.25, 0.3) is 11.3 Å². The van der Waals surface area contributed by atoms with E-state index in [1.165, 1.54) is 0 Å². The van der Waals surface area contributed by atoms with E-state index in [4.69, 9.17) is 4.74 Å². The number of ether oxygens (including phenoxy) is 1. The van der Waals surface area contributed by atoms with Gasteiger partial charge in [-0.1, -0.05) is 6.07 Å². The van der Waals surface area contributed by atoms with E-state index in [-0.39, 0.29) is 5.91 Å². The maximum atomic E-state index is 12.7. The van der Waals surface area contributed by atoms with Crippen molar-refractivity contribution < 1.29 is 9.53 Å². The van der Waals surface area contributed by atoms with E-state index in [2.05, 4.69) is 20.5 Å². The highest BCUT2D eigenvalue weighted by Crippen LogP contribution is 2.26. The lowest BCUT2D eigenvalue weighted by atomic mass is 10.1. The summed E-state index contributed by atoms with van der Waals surface area (Å²) in [5.74, 6) is 0.328. The molecule has 1 amide bonds. The number of aryl methyl sites for hydroxylation is 3. The number of aromatic nitrogens is 5. The molecule has 8 heteroatoms. The zero-order chi connectivity index (χ0) is 19.6. The number of pyridine rings is 1. The van der Waals surface area contributed by atoms with Crippen LogP contribution in [0.2, 0.25) is 0 Å². The normalized spacial score (nSPS) is 10.9. The third-order valence-corrected chi connectivity index (χ3v) is 4.45. The van der Waals surface area contributed by atoms with E-state index in [1.54, 1.807) is 24.0 Å². The predicted octanol–water partition coefficient (Wildman–Crippen LogP) is 2.16. The second-order valence-corrected chi connectivity index (χ2v) is 6.29. The number of nitrogens with one attached hydrogen (secondary N) is 1. The van der Waals surface area contributed by atoms with Gasteiger partial charge in [0, 0.05) is 43.7 Å². The summed E-state index contributed by atoms with van der Waals surface area (Å²) in [6.07, 6.45) is 1.67. The molecule has 0 radical (unpaired) electrons. The van der Waals surface area contributed by atoms with E-state index in [1.807, 2.05) is 44.6 Å². The maximum Gasteiger partial charge on any atom is 0.269 e. The average molecular weight is 368 g/mol. The first-order valence-corrected chi connectivity index (χ1v) is 8.81. The summed E-state index contributed by atoms with van der Waals surface area (Å²) in [7, 11) is 3.65. The summed E-state index contributed by atoms with van der Waals surface area (Å²) in [5, 5.41) is 11.8. The molecule has 0 unspecified atom stereocenters. The van der Waals surface area contributed by atoms with Crippen molar-refractivity contribution >= 4 is 5.91 Å². The third kappa shape index (κ3) is 3.69. The molecule has 1 N–H and O–H groups in total. The van der Waals surface area contributed by atoms with Crippen molar-refractivity contribution in [2.75, 3.05) is 6.61 Å². The lowest BCUT2D eigenvalue weighted by Crippen LogP contribution is -2.25. The Kier molecular flexibility index (Phi) is 5.25. The van der Waals surface area contributed by atoms with Gasteiger partial charge < -0.3 is 10.1 Å². The fourth-order valence-electron chi connectivity index (χ4n) is 3.04. The molecule has 0 aliphatic rings. The molecule has 3 aromatic heterocycles. The number of amides is 1. The van der Waals surface area contributed by atoms with Gasteiger partial charge in [-0.15, -0.1) is 0 Å². The van der Waals surface area contributed by atoms with Gasteiger partial charge in [-0.2, -0.15) is 10.2 Å². The van der Waals surface area contributed by atoms with Crippen LogP contribution in [0.3, 0.4) is 0 Å². The molecule has 8 nitrogen and oxygen atoms in total. The van der Waals surface area contributed by atoms with Crippen LogP contribution >= 0.6 is 0 Å². The molecule has 0 aromatic carbocycles. The summed E-state index contributed by atoms with van der Waals surface area (Å²) in [6, 6.07) is 5.49. The fourth-order valence-corrected chi connectivity index (χ4v) is 3.04. The standard InChI is InChI=1S/C19H24N6O2/c1-6-27-19-14(8-7-9-20-19)11-21-18(26)16-10-15(23-25(16)5)17-12(2)22-24(4)13(17)3/h7-10H,6,11H2,1-5H3,(H,21,26). The molecule has 3 rings (SSSR count). The summed E-state index contributed by atoms with van der Waals surface area (Å²) < 4.78 is 8.90. The average Bonchev–Trinajstić information content (AvgIpc) is 3.13. The summed E-state index contributed by atoms with van der Waals surface area (Å²) in [6.45, 7) is 6.67. The van der Waals surface area contributed by atoms with Crippen LogP contribution < -0.4 is 10.1 Å². The summed E-state index contributed by atoms with van der Waals surface area (Å²) in [5.41, 5.74) is 4.90. The largest absolute Gasteiger partial charge is 0.478 e. The lowest BCUT2D eigenvalue weighted by Gasteiger charge is -2.09. The van der Waals surface area contributed by atoms with Crippen LogP contribution in [0.5, 0.6) is 5.88 Å². The van der Waals surface area contributed by atoms with Crippen LogP contribution in [0.1, 0.15) is 34.4 Å². The summed E-state index contributed by atoms with van der Waals surface area (Å²) in [4.78, 5) is 16.9. The number of carbonyl (C=O) groups excluding carboxylic acids is 1. The van der Waals surface area contributed by atoms with Gasteiger partial charge in [0.2, 0.25) is 5.88 Å². The number of carbonyl (C=O) groups is 1. The highest BCUT2D eigenvalue weighted by molar-refractivity contribution is 5.93. The fraction of sp³-hybridized carbons (Fsp3) is 0.368. The van der Waals surface area contributed by atoms with Crippen molar-refractivity contribution in [3.63, 3.8) is 0 Å². The van der Waals surface area contributed by atoms with Crippen molar-refractivity contribution in [3.05, 3.63) is 47.0 Å². The quantitative estimate of drug-likeness (QED) is 0.720. The molecular formula is C19H24N6O2. The number of nitrogens with zero attached hydrogens (tertiary/aromatic N) is 5. The van der Waals surface area contributed by atoms with E-state index >= 15 is 0 Å².